The summed E-state index contributed by atoms with van der Waals surface area (Å²) in [5, 5.41) is 0. The Labute approximate surface area is 109 Å². The minimum absolute atomic E-state index is 0.116. The fraction of sp³-hybridized carbons (Fsp3) is 0.333. The molecule has 0 aliphatic carbocycles. The average molecular weight is 361 g/mol. The predicted octanol–water partition coefficient (Wildman–Crippen LogP) is 2.11. The van der Waals surface area contributed by atoms with Gasteiger partial charge in [-0.2, -0.15) is 0 Å². The van der Waals surface area contributed by atoms with Gasteiger partial charge in [0.2, 0.25) is 0 Å². The third kappa shape index (κ3) is 1.26. The summed E-state index contributed by atoms with van der Waals surface area (Å²) in [6, 6.07) is 5.95. The molecule has 1 aromatic carbocycles. The van der Waals surface area contributed by atoms with Crippen LogP contribution in [-0.4, -0.2) is 21.0 Å². The number of carbonyl (C=O) groups is 2. The molecule has 1 saturated heterocycles. The van der Waals surface area contributed by atoms with Crippen molar-refractivity contribution in [1.29, 1.82) is 0 Å². The third-order valence-electron chi connectivity index (χ3n) is 3.09. The fourth-order valence-corrected chi connectivity index (χ4v) is 8.44. The van der Waals surface area contributed by atoms with E-state index in [0.29, 0.717) is 9.13 Å². The number of fused-ring (bicyclic) bond motifs is 3. The van der Waals surface area contributed by atoms with E-state index in [0.717, 1.165) is 0 Å². The van der Waals surface area contributed by atoms with E-state index in [1.54, 1.807) is 24.3 Å². The fourth-order valence-electron chi connectivity index (χ4n) is 2.28. The van der Waals surface area contributed by atoms with Crippen LogP contribution in [0.5, 0.6) is 0 Å². The van der Waals surface area contributed by atoms with E-state index in [9.17, 15) is 12.7 Å². The van der Waals surface area contributed by atoms with E-state index in [1.807, 2.05) is 13.8 Å². The molecule has 1 aromatic rings. The first-order chi connectivity index (χ1) is 8.47. The zero-order chi connectivity index (χ0) is 13.1. The molecule has 3 rings (SSSR count). The van der Waals surface area contributed by atoms with Crippen LogP contribution < -0.4 is 0 Å². The van der Waals surface area contributed by atoms with Gasteiger partial charge in [0.25, 0.3) is 0 Å². The van der Waals surface area contributed by atoms with Crippen LogP contribution in [0.4, 0.5) is 0 Å². The third-order valence-corrected chi connectivity index (χ3v) is 8.94. The molecule has 2 atom stereocenters. The van der Waals surface area contributed by atoms with E-state index in [4.69, 9.17) is 3.07 Å². The molecule has 0 saturated carbocycles. The number of nitrogens with zero attached hydrogens (tertiary/aromatic N) is 1. The zero-order valence-electron chi connectivity index (χ0n) is 9.92. The van der Waals surface area contributed by atoms with Crippen LogP contribution in [0.3, 0.4) is 0 Å². The van der Waals surface area contributed by atoms with Crippen molar-refractivity contribution < 1.29 is 15.7 Å². The molecular weight excluding hydrogens is 349 g/mol. The average Bonchev–Trinajstić information content (AvgIpc) is 2.70. The van der Waals surface area contributed by atoms with Gasteiger partial charge in [0, 0.05) is 0 Å². The molecule has 6 heteroatoms. The van der Waals surface area contributed by atoms with Gasteiger partial charge in [0.15, 0.2) is 0 Å². The maximum atomic E-state index is 12.9. The zero-order valence-corrected chi connectivity index (χ0v) is 12.1. The summed E-state index contributed by atoms with van der Waals surface area (Å²) in [6.07, 6.45) is 0. The molecule has 1 fully saturated rings. The van der Waals surface area contributed by atoms with Crippen LogP contribution in [0.25, 0.3) is 0 Å². The first kappa shape index (κ1) is 11.8. The van der Waals surface area contributed by atoms with Gasteiger partial charge in [-0.15, -0.1) is 0 Å². The van der Waals surface area contributed by atoms with Crippen molar-refractivity contribution in [2.45, 2.75) is 19.9 Å². The van der Waals surface area contributed by atoms with Gasteiger partial charge in [-0.25, -0.2) is 0 Å². The number of benzene rings is 1. The number of hydrogen-bond donors (Lipinski definition) is 0. The van der Waals surface area contributed by atoms with Crippen molar-refractivity contribution in [3.8, 4) is 0 Å². The molecule has 2 aliphatic heterocycles. The van der Waals surface area contributed by atoms with E-state index < -0.39 is 31.1 Å². The molecule has 5 nitrogen and oxygen atoms in total. The summed E-state index contributed by atoms with van der Waals surface area (Å²) >= 11 is -4.33. The summed E-state index contributed by atoms with van der Waals surface area (Å²) in [5.41, 5.74) is 0.405. The Balaban J connectivity index is 2.22. The monoisotopic (exact) mass is 361 g/mol. The molecule has 0 bridgehead atoms. The Morgan fingerprint density at radius 1 is 1.28 bits per heavy atom. The number of halogens is 1. The Morgan fingerprint density at radius 3 is 2.61 bits per heavy atom. The quantitative estimate of drug-likeness (QED) is 0.568. The SMILES string of the molecule is CC(C)[C@H]1C(=O)OI2(=O)c3ccccc3C(=O)N12. The van der Waals surface area contributed by atoms with Crippen molar-refractivity contribution in [3.63, 3.8) is 0 Å². The first-order valence-corrected chi connectivity index (χ1v) is 9.42. The molecule has 2 aliphatic rings. The second-order valence-electron chi connectivity index (χ2n) is 4.62. The van der Waals surface area contributed by atoms with Gasteiger partial charge in [-0.1, -0.05) is 0 Å². The van der Waals surface area contributed by atoms with Gasteiger partial charge in [-0.3, -0.25) is 0 Å². The van der Waals surface area contributed by atoms with Crippen LogP contribution in [0.2, 0.25) is 0 Å². The number of rotatable bonds is 1. The van der Waals surface area contributed by atoms with Gasteiger partial charge in [0.1, 0.15) is 0 Å². The summed E-state index contributed by atoms with van der Waals surface area (Å²) in [6.45, 7) is 3.63. The topological polar surface area (TPSA) is 63.7 Å². The summed E-state index contributed by atoms with van der Waals surface area (Å²) in [5.74, 6) is -1.00. The predicted molar refractivity (Wildman–Crippen MR) is 70.7 cm³/mol. The van der Waals surface area contributed by atoms with Crippen molar-refractivity contribution in [1.82, 2.24) is 3.11 Å². The van der Waals surface area contributed by atoms with Crippen molar-refractivity contribution >= 4 is 31.0 Å². The molecule has 0 N–H and O–H groups in total. The minimum atomic E-state index is -4.33. The Morgan fingerprint density at radius 2 is 1.94 bits per heavy atom. The molecule has 1 unspecified atom stereocenters. The van der Waals surface area contributed by atoms with Crippen molar-refractivity contribution in [2.75, 3.05) is 0 Å². The number of carbonyl (C=O) groups excluding carboxylic acids is 2. The molecule has 0 spiro atoms. The maximum absolute atomic E-state index is 12.9. The molecular formula is C12H12INO4. The summed E-state index contributed by atoms with van der Waals surface area (Å²) in [7, 11) is 0. The summed E-state index contributed by atoms with van der Waals surface area (Å²) < 4.78 is 19.6. The van der Waals surface area contributed by atoms with Gasteiger partial charge in [0.05, 0.1) is 0 Å². The van der Waals surface area contributed by atoms with E-state index >= 15 is 0 Å². The van der Waals surface area contributed by atoms with Crippen LogP contribution >= 0.6 is 19.1 Å². The van der Waals surface area contributed by atoms with Crippen LogP contribution in [0.15, 0.2) is 24.3 Å². The van der Waals surface area contributed by atoms with Gasteiger partial charge in [-0.05, 0) is 0 Å². The number of amides is 1. The Hall–Kier alpha value is -1.31. The van der Waals surface area contributed by atoms with Crippen molar-refractivity contribution in [2.24, 2.45) is 5.92 Å². The van der Waals surface area contributed by atoms with E-state index in [-0.39, 0.29) is 11.8 Å². The Kier molecular flexibility index (Phi) is 2.35. The normalized spacial score (nSPS) is 33.1. The van der Waals surface area contributed by atoms with Crippen LogP contribution in [-0.2, 0) is 10.9 Å². The summed E-state index contributed by atoms with van der Waals surface area (Å²) in [4.78, 5) is 24.1. The molecule has 18 heavy (non-hydrogen) atoms. The Bertz CT molecular complexity index is 610. The second-order valence-corrected chi connectivity index (χ2v) is 9.77. The first-order valence-electron chi connectivity index (χ1n) is 5.61. The number of hydrogen-bond acceptors (Lipinski definition) is 4. The molecule has 0 radical (unpaired) electrons. The molecule has 0 aromatic heterocycles. The van der Waals surface area contributed by atoms with E-state index in [1.165, 1.54) is 3.11 Å². The van der Waals surface area contributed by atoms with Crippen molar-refractivity contribution in [3.05, 3.63) is 33.4 Å². The second kappa shape index (κ2) is 3.59. The van der Waals surface area contributed by atoms with E-state index in [2.05, 4.69) is 0 Å². The van der Waals surface area contributed by atoms with Gasteiger partial charge < -0.3 is 0 Å². The molecule has 1 amide bonds. The standard InChI is InChI=1S/C12H12INO4/c1-7(2)10-12(16)18-13(17)9-6-4-3-5-8(9)11(15)14(10)13/h3-7,10H,1-2H3/t10-/m0/s1. The van der Waals surface area contributed by atoms with Crippen LogP contribution in [0.1, 0.15) is 24.2 Å². The van der Waals surface area contributed by atoms with Crippen LogP contribution in [0, 0.1) is 9.49 Å². The van der Waals surface area contributed by atoms with Gasteiger partial charge >= 0.3 is 109 Å². The molecule has 96 valence electrons. The molecule has 2 heterocycles.